The third kappa shape index (κ3) is 2.22. The average Bonchev–Trinajstić information content (AvgIpc) is 3.04. The first-order chi connectivity index (χ1) is 8.83. The molecule has 0 saturated carbocycles. The minimum atomic E-state index is -0.0265. The Bertz CT molecular complexity index is 528. The molecular weight excluding hydrogens is 246 g/mol. The molecule has 1 N–H and O–H groups in total. The van der Waals surface area contributed by atoms with E-state index in [9.17, 15) is 4.79 Å². The highest BCUT2D eigenvalue weighted by Gasteiger charge is 2.23. The normalized spacial score (nSPS) is 13.4. The summed E-state index contributed by atoms with van der Waals surface area (Å²) in [6.45, 7) is 1.85. The Kier molecular flexibility index (Phi) is 2.98. The van der Waals surface area contributed by atoms with Crippen molar-refractivity contribution in [3.05, 3.63) is 52.0 Å². The van der Waals surface area contributed by atoms with Crippen LogP contribution in [0.1, 0.15) is 16.1 Å². The van der Waals surface area contributed by atoms with Gasteiger partial charge in [0.25, 0.3) is 0 Å². The highest BCUT2D eigenvalue weighted by Crippen LogP contribution is 2.20. The molecule has 3 rings (SSSR count). The molecule has 0 unspecified atom stereocenters. The van der Waals surface area contributed by atoms with Crippen molar-refractivity contribution in [2.75, 3.05) is 0 Å². The average molecular weight is 259 g/mol. The van der Waals surface area contributed by atoms with Crippen LogP contribution >= 0.6 is 11.3 Å². The second-order valence-corrected chi connectivity index (χ2v) is 5.24. The Morgan fingerprint density at radius 3 is 3.11 bits per heavy atom. The minimum Gasteiger partial charge on any atom is -0.333 e. The number of aromatic nitrogens is 1. The summed E-state index contributed by atoms with van der Waals surface area (Å²) in [7, 11) is 0. The molecule has 92 valence electrons. The molecule has 1 aliphatic heterocycles. The van der Waals surface area contributed by atoms with Crippen molar-refractivity contribution in [2.24, 2.45) is 0 Å². The Morgan fingerprint density at radius 2 is 2.33 bits per heavy atom. The van der Waals surface area contributed by atoms with Crippen molar-refractivity contribution >= 4 is 17.4 Å². The van der Waals surface area contributed by atoms with Crippen LogP contribution in [0.2, 0.25) is 0 Å². The second kappa shape index (κ2) is 4.78. The van der Waals surface area contributed by atoms with Gasteiger partial charge in [0.2, 0.25) is 0 Å². The van der Waals surface area contributed by atoms with Gasteiger partial charge < -0.3 is 10.2 Å². The molecule has 0 spiro atoms. The Balaban J connectivity index is 1.59. The maximum atomic E-state index is 12.0. The van der Waals surface area contributed by atoms with Crippen molar-refractivity contribution in [2.45, 2.75) is 19.6 Å². The van der Waals surface area contributed by atoms with Crippen molar-refractivity contribution in [3.63, 3.8) is 0 Å². The summed E-state index contributed by atoms with van der Waals surface area (Å²) >= 11 is 1.65. The number of rotatable bonds is 2. The minimum absolute atomic E-state index is 0.0265. The Hall–Kier alpha value is -1.88. The van der Waals surface area contributed by atoms with E-state index in [0.29, 0.717) is 19.6 Å². The van der Waals surface area contributed by atoms with E-state index in [-0.39, 0.29) is 6.03 Å². The zero-order chi connectivity index (χ0) is 12.4. The van der Waals surface area contributed by atoms with Gasteiger partial charge in [-0.25, -0.2) is 4.79 Å². The van der Waals surface area contributed by atoms with Crippen LogP contribution in [-0.2, 0) is 19.6 Å². The first-order valence-electron chi connectivity index (χ1n) is 5.81. The van der Waals surface area contributed by atoms with Gasteiger partial charge in [-0.15, -0.1) is 11.3 Å². The highest BCUT2D eigenvalue weighted by atomic mass is 32.1. The molecule has 0 bridgehead atoms. The van der Waals surface area contributed by atoms with Crippen LogP contribution < -0.4 is 5.32 Å². The lowest BCUT2D eigenvalue weighted by Crippen LogP contribution is -2.35. The van der Waals surface area contributed by atoms with Crippen LogP contribution in [0.5, 0.6) is 0 Å². The highest BCUT2D eigenvalue weighted by molar-refractivity contribution is 7.09. The van der Waals surface area contributed by atoms with Gasteiger partial charge in [-0.05, 0) is 23.1 Å². The molecule has 1 aliphatic rings. The number of hydrogen-bond acceptors (Lipinski definition) is 3. The zero-order valence-corrected chi connectivity index (χ0v) is 10.6. The van der Waals surface area contributed by atoms with E-state index < -0.39 is 0 Å². The number of fused-ring (bicyclic) bond motifs is 1. The smallest absolute Gasteiger partial charge is 0.318 e. The fourth-order valence-corrected chi connectivity index (χ4v) is 2.68. The SMILES string of the molecule is O=C(NCc1cccs1)N1Cc2cccnc2C1. The molecule has 0 saturated heterocycles. The fourth-order valence-electron chi connectivity index (χ4n) is 2.03. The quantitative estimate of drug-likeness (QED) is 0.900. The molecule has 2 aromatic heterocycles. The Labute approximate surface area is 109 Å². The van der Waals surface area contributed by atoms with Crippen LogP contribution in [0, 0.1) is 0 Å². The molecule has 0 aliphatic carbocycles. The molecule has 0 atom stereocenters. The van der Waals surface area contributed by atoms with Gasteiger partial charge in [0, 0.05) is 17.6 Å². The molecule has 5 heteroatoms. The number of hydrogen-bond donors (Lipinski definition) is 1. The van der Waals surface area contributed by atoms with Crippen molar-refractivity contribution in [1.82, 2.24) is 15.2 Å². The maximum absolute atomic E-state index is 12.0. The number of nitrogens with zero attached hydrogens (tertiary/aromatic N) is 2. The van der Waals surface area contributed by atoms with Gasteiger partial charge in [0.1, 0.15) is 0 Å². The van der Waals surface area contributed by atoms with Crippen LogP contribution in [0.25, 0.3) is 0 Å². The van der Waals surface area contributed by atoms with Gasteiger partial charge >= 0.3 is 6.03 Å². The van der Waals surface area contributed by atoms with E-state index in [1.807, 2.05) is 29.6 Å². The third-order valence-electron chi connectivity index (χ3n) is 2.97. The summed E-state index contributed by atoms with van der Waals surface area (Å²) in [6.07, 6.45) is 1.77. The van der Waals surface area contributed by atoms with Crippen LogP contribution in [0.15, 0.2) is 35.8 Å². The molecular formula is C13H13N3OS. The van der Waals surface area contributed by atoms with Gasteiger partial charge in [-0.2, -0.15) is 0 Å². The number of pyridine rings is 1. The van der Waals surface area contributed by atoms with E-state index in [4.69, 9.17) is 0 Å². The van der Waals surface area contributed by atoms with E-state index >= 15 is 0 Å². The predicted molar refractivity (Wildman–Crippen MR) is 70.0 cm³/mol. The number of carbonyl (C=O) groups is 1. The standard InChI is InChI=1S/C13H13N3OS/c17-13(15-7-11-4-2-6-18-11)16-8-10-3-1-5-14-12(10)9-16/h1-6H,7-9H2,(H,15,17). The number of thiophene rings is 1. The lowest BCUT2D eigenvalue weighted by Gasteiger charge is -2.15. The maximum Gasteiger partial charge on any atom is 0.318 e. The molecule has 0 fully saturated rings. The number of nitrogens with one attached hydrogen (secondary N) is 1. The molecule has 0 aromatic carbocycles. The number of amides is 2. The Morgan fingerprint density at radius 1 is 1.39 bits per heavy atom. The third-order valence-corrected chi connectivity index (χ3v) is 3.84. The zero-order valence-electron chi connectivity index (χ0n) is 9.80. The molecule has 3 heterocycles. The first kappa shape index (κ1) is 11.2. The molecule has 0 radical (unpaired) electrons. The first-order valence-corrected chi connectivity index (χ1v) is 6.69. The van der Waals surface area contributed by atoms with Crippen LogP contribution in [-0.4, -0.2) is 15.9 Å². The van der Waals surface area contributed by atoms with E-state index in [0.717, 1.165) is 16.1 Å². The summed E-state index contributed by atoms with van der Waals surface area (Å²) in [5.41, 5.74) is 2.15. The number of urea groups is 1. The molecule has 4 nitrogen and oxygen atoms in total. The van der Waals surface area contributed by atoms with Crippen LogP contribution in [0.4, 0.5) is 4.79 Å². The number of carbonyl (C=O) groups excluding carboxylic acids is 1. The molecule has 2 amide bonds. The lowest BCUT2D eigenvalue weighted by atomic mass is 10.2. The van der Waals surface area contributed by atoms with Crippen LogP contribution in [0.3, 0.4) is 0 Å². The molecule has 2 aromatic rings. The summed E-state index contributed by atoms with van der Waals surface area (Å²) in [6, 6.07) is 7.91. The largest absolute Gasteiger partial charge is 0.333 e. The summed E-state index contributed by atoms with van der Waals surface area (Å²) in [5.74, 6) is 0. The van der Waals surface area contributed by atoms with Gasteiger partial charge in [0.05, 0.1) is 18.8 Å². The summed E-state index contributed by atoms with van der Waals surface area (Å²) < 4.78 is 0. The van der Waals surface area contributed by atoms with Gasteiger partial charge in [-0.3, -0.25) is 4.98 Å². The molecule has 18 heavy (non-hydrogen) atoms. The van der Waals surface area contributed by atoms with E-state index in [1.165, 1.54) is 0 Å². The lowest BCUT2D eigenvalue weighted by molar-refractivity contribution is 0.198. The van der Waals surface area contributed by atoms with E-state index in [1.54, 1.807) is 22.4 Å². The van der Waals surface area contributed by atoms with Crippen molar-refractivity contribution in [3.8, 4) is 0 Å². The second-order valence-electron chi connectivity index (χ2n) is 4.20. The topological polar surface area (TPSA) is 45.2 Å². The van der Waals surface area contributed by atoms with E-state index in [2.05, 4.69) is 10.3 Å². The summed E-state index contributed by atoms with van der Waals surface area (Å²) in [4.78, 5) is 19.2. The fraction of sp³-hybridized carbons (Fsp3) is 0.231. The monoisotopic (exact) mass is 259 g/mol. The van der Waals surface area contributed by atoms with Gasteiger partial charge in [-0.1, -0.05) is 12.1 Å². The van der Waals surface area contributed by atoms with Gasteiger partial charge in [0.15, 0.2) is 0 Å². The van der Waals surface area contributed by atoms with Crippen molar-refractivity contribution < 1.29 is 4.79 Å². The summed E-state index contributed by atoms with van der Waals surface area (Å²) in [5, 5.41) is 4.94. The predicted octanol–water partition coefficient (Wildman–Crippen LogP) is 2.37. The van der Waals surface area contributed by atoms with Crippen molar-refractivity contribution in [1.29, 1.82) is 0 Å².